The van der Waals surface area contributed by atoms with Crippen LogP contribution in [-0.4, -0.2) is 68.6 Å². The number of alkyl halides is 1. The van der Waals surface area contributed by atoms with Gasteiger partial charge in [-0.1, -0.05) is 104 Å². The molecule has 2 aliphatic heterocycles. The minimum Gasteiger partial charge on any atom is -0.460 e. The van der Waals surface area contributed by atoms with Gasteiger partial charge in [0.05, 0.1) is 50.7 Å². The van der Waals surface area contributed by atoms with E-state index in [1.165, 1.54) is 0 Å². The van der Waals surface area contributed by atoms with Gasteiger partial charge in [-0.2, -0.15) is 0 Å². The molecule has 2 aromatic carbocycles. The summed E-state index contributed by atoms with van der Waals surface area (Å²) < 4.78 is 39.4. The van der Waals surface area contributed by atoms with Crippen molar-refractivity contribution in [1.82, 2.24) is 0 Å². The number of carbonyl (C=O) groups excluding carboxylic acids is 1. The van der Waals surface area contributed by atoms with Crippen LogP contribution in [0.15, 0.2) is 60.7 Å². The molecule has 0 amide bonds. The molecule has 0 aliphatic carbocycles. The molecule has 0 spiro atoms. The monoisotopic (exact) mass is 738 g/mol. The Bertz CT molecular complexity index is 1120. The molecule has 2 heterocycles. The molecule has 7 nitrogen and oxygen atoms in total. The highest BCUT2D eigenvalue weighted by Crippen LogP contribution is 2.40. The van der Waals surface area contributed by atoms with Crippen LogP contribution in [0.5, 0.6) is 0 Å². The maximum atomic E-state index is 13.5. The van der Waals surface area contributed by atoms with Gasteiger partial charge in [-0.3, -0.25) is 4.79 Å². The second-order valence-corrected chi connectivity index (χ2v) is 19.3. The minimum atomic E-state index is -2.20. The number of benzene rings is 2. The molecule has 0 unspecified atom stereocenters. The number of carbonyl (C=O) groups is 1. The SMILES string of the molecule is CC(C)(C)[Si](C)(C)O[C@@H]1C[C@H](OCc2ccccc2)[C@@H](COCc2ccccc2)O[C@H]1CC(=O)O[C@H]1CCCO[C@@H]1CCI. The van der Waals surface area contributed by atoms with E-state index in [1.807, 2.05) is 48.5 Å². The Hall–Kier alpha value is -1.34. The fourth-order valence-electron chi connectivity index (χ4n) is 5.46. The molecular formula is C35H51IO7Si. The largest absolute Gasteiger partial charge is 0.460 e. The van der Waals surface area contributed by atoms with Crippen LogP contribution >= 0.6 is 22.6 Å². The van der Waals surface area contributed by atoms with Crippen LogP contribution in [0.3, 0.4) is 0 Å². The van der Waals surface area contributed by atoms with E-state index in [0.29, 0.717) is 26.2 Å². The number of rotatable bonds is 14. The first-order valence-corrected chi connectivity index (χ1v) is 20.5. The molecule has 6 atom stereocenters. The molecule has 44 heavy (non-hydrogen) atoms. The molecule has 2 aromatic rings. The lowest BCUT2D eigenvalue weighted by atomic mass is 9.96. The Labute approximate surface area is 278 Å². The zero-order chi connectivity index (χ0) is 31.6. The second kappa shape index (κ2) is 17.0. The van der Waals surface area contributed by atoms with Crippen molar-refractivity contribution in [3.05, 3.63) is 71.8 Å². The maximum Gasteiger partial charge on any atom is 0.308 e. The van der Waals surface area contributed by atoms with Crippen LogP contribution < -0.4 is 0 Å². The zero-order valence-corrected chi connectivity index (χ0v) is 30.2. The smallest absolute Gasteiger partial charge is 0.308 e. The van der Waals surface area contributed by atoms with Gasteiger partial charge in [0.25, 0.3) is 0 Å². The van der Waals surface area contributed by atoms with Gasteiger partial charge in [-0.25, -0.2) is 0 Å². The van der Waals surface area contributed by atoms with Crippen LogP contribution in [0.1, 0.15) is 64.0 Å². The Morgan fingerprint density at radius 2 is 1.57 bits per heavy atom. The van der Waals surface area contributed by atoms with E-state index in [2.05, 4.69) is 68.6 Å². The van der Waals surface area contributed by atoms with Gasteiger partial charge in [0.1, 0.15) is 12.2 Å². The number of hydrogen-bond acceptors (Lipinski definition) is 7. The molecule has 0 bridgehead atoms. The topological polar surface area (TPSA) is 72.5 Å². The standard InChI is InChI=1S/C35H51IO7Si/c1-35(2,3)44(4,5)43-32-21-30(40-24-27-15-10-7-11-16-27)33(25-38-23-26-13-8-6-9-14-26)41-31(32)22-34(37)42-29-17-12-20-39-28(29)18-19-36/h6-11,13-16,28-33H,12,17-25H2,1-5H3/t28-,29+,30+,31+,32-,33-/m1/s1. The van der Waals surface area contributed by atoms with Gasteiger partial charge < -0.3 is 28.1 Å². The van der Waals surface area contributed by atoms with E-state index >= 15 is 0 Å². The average molecular weight is 739 g/mol. The van der Waals surface area contributed by atoms with Crippen LogP contribution in [-0.2, 0) is 46.1 Å². The predicted octanol–water partition coefficient (Wildman–Crippen LogP) is 7.64. The van der Waals surface area contributed by atoms with Crippen LogP contribution in [0.4, 0.5) is 0 Å². The second-order valence-electron chi connectivity index (χ2n) is 13.5. The zero-order valence-electron chi connectivity index (χ0n) is 27.0. The Balaban J connectivity index is 1.51. The molecule has 0 radical (unpaired) electrons. The van der Waals surface area contributed by atoms with Crippen molar-refractivity contribution in [3.8, 4) is 0 Å². The highest BCUT2D eigenvalue weighted by atomic mass is 127. The summed E-state index contributed by atoms with van der Waals surface area (Å²) >= 11 is 2.35. The van der Waals surface area contributed by atoms with Crippen molar-refractivity contribution >= 4 is 36.9 Å². The summed E-state index contributed by atoms with van der Waals surface area (Å²) in [4.78, 5) is 13.5. The quantitative estimate of drug-likeness (QED) is 0.0854. The molecule has 0 N–H and O–H groups in total. The first-order chi connectivity index (χ1) is 21.1. The van der Waals surface area contributed by atoms with Crippen molar-refractivity contribution in [2.75, 3.05) is 17.6 Å². The first kappa shape index (κ1) is 35.5. The highest BCUT2D eigenvalue weighted by molar-refractivity contribution is 14.1. The van der Waals surface area contributed by atoms with Crippen molar-refractivity contribution in [3.63, 3.8) is 0 Å². The maximum absolute atomic E-state index is 13.5. The fraction of sp³-hybridized carbons (Fsp3) is 0.629. The molecule has 244 valence electrons. The van der Waals surface area contributed by atoms with Crippen LogP contribution in [0.2, 0.25) is 18.1 Å². The highest BCUT2D eigenvalue weighted by Gasteiger charge is 2.46. The number of ether oxygens (including phenoxy) is 5. The molecule has 0 aromatic heterocycles. The average Bonchev–Trinajstić information content (AvgIpc) is 2.99. The minimum absolute atomic E-state index is 0.000187. The fourth-order valence-corrected chi connectivity index (χ4v) is 7.44. The van der Waals surface area contributed by atoms with Crippen LogP contribution in [0, 0.1) is 0 Å². The lowest BCUT2D eigenvalue weighted by Gasteiger charge is -2.46. The van der Waals surface area contributed by atoms with Gasteiger partial charge in [0.2, 0.25) is 0 Å². The summed E-state index contributed by atoms with van der Waals surface area (Å²) in [6.07, 6.45) is 1.67. The molecular weight excluding hydrogens is 687 g/mol. The molecule has 2 aliphatic rings. The first-order valence-electron chi connectivity index (χ1n) is 16.0. The van der Waals surface area contributed by atoms with Crippen molar-refractivity contribution in [1.29, 1.82) is 0 Å². The van der Waals surface area contributed by atoms with Gasteiger partial charge >= 0.3 is 5.97 Å². The number of halogens is 1. The molecule has 2 saturated heterocycles. The van der Waals surface area contributed by atoms with Crippen molar-refractivity contribution < 1.29 is 32.9 Å². The van der Waals surface area contributed by atoms with Gasteiger partial charge in [0, 0.05) is 17.5 Å². The van der Waals surface area contributed by atoms with Crippen LogP contribution in [0.25, 0.3) is 0 Å². The molecule has 4 rings (SSSR count). The Morgan fingerprint density at radius 3 is 2.20 bits per heavy atom. The molecule has 9 heteroatoms. The number of esters is 1. The van der Waals surface area contributed by atoms with E-state index in [0.717, 1.165) is 41.4 Å². The third-order valence-electron chi connectivity index (χ3n) is 9.02. The lowest BCUT2D eigenvalue weighted by molar-refractivity contribution is -0.207. The Morgan fingerprint density at radius 1 is 0.909 bits per heavy atom. The summed E-state index contributed by atoms with van der Waals surface area (Å²) in [7, 11) is -2.20. The summed E-state index contributed by atoms with van der Waals surface area (Å²) in [5, 5.41) is 0.000187. The molecule has 0 saturated carbocycles. The van der Waals surface area contributed by atoms with E-state index in [4.69, 9.17) is 28.1 Å². The van der Waals surface area contributed by atoms with Crippen molar-refractivity contribution in [2.45, 2.75) is 121 Å². The van der Waals surface area contributed by atoms with E-state index < -0.39 is 14.4 Å². The van der Waals surface area contributed by atoms with E-state index in [1.54, 1.807) is 0 Å². The molecule has 2 fully saturated rings. The Kier molecular flexibility index (Phi) is 13.7. The summed E-state index contributed by atoms with van der Waals surface area (Å²) in [5.41, 5.74) is 2.19. The normalized spacial score (nSPS) is 26.3. The van der Waals surface area contributed by atoms with E-state index in [9.17, 15) is 4.79 Å². The lowest BCUT2D eigenvalue weighted by Crippen LogP contribution is -2.56. The van der Waals surface area contributed by atoms with Gasteiger partial charge in [-0.05, 0) is 48.5 Å². The summed E-state index contributed by atoms with van der Waals surface area (Å²) in [6, 6.07) is 20.3. The summed E-state index contributed by atoms with van der Waals surface area (Å²) in [6.45, 7) is 13.2. The van der Waals surface area contributed by atoms with Gasteiger partial charge in [-0.15, -0.1) is 0 Å². The third kappa shape index (κ3) is 10.6. The predicted molar refractivity (Wildman–Crippen MR) is 183 cm³/mol. The van der Waals surface area contributed by atoms with Crippen molar-refractivity contribution in [2.24, 2.45) is 0 Å². The summed E-state index contributed by atoms with van der Waals surface area (Å²) in [5.74, 6) is -0.264. The van der Waals surface area contributed by atoms with E-state index in [-0.39, 0.29) is 47.9 Å². The number of hydrogen-bond donors (Lipinski definition) is 0. The third-order valence-corrected chi connectivity index (χ3v) is 14.1. The van der Waals surface area contributed by atoms with Gasteiger partial charge in [0.15, 0.2) is 8.32 Å².